The molecule has 8 nitrogen and oxygen atoms in total. The van der Waals surface area contributed by atoms with Crippen molar-refractivity contribution in [1.82, 2.24) is 5.32 Å². The lowest BCUT2D eigenvalue weighted by Crippen LogP contribution is -2.56. The normalized spacial score (nSPS) is 26.2. The van der Waals surface area contributed by atoms with Gasteiger partial charge in [-0.1, -0.05) is 54.6 Å². The van der Waals surface area contributed by atoms with Crippen LogP contribution in [0.2, 0.25) is 0 Å². The molecule has 208 valence electrons. The summed E-state index contributed by atoms with van der Waals surface area (Å²) in [6.45, 7) is 0.413. The summed E-state index contributed by atoms with van der Waals surface area (Å²) in [7, 11) is 0. The van der Waals surface area contributed by atoms with E-state index in [9.17, 15) is 19.2 Å². The Hall–Kier alpha value is -3.95. The molecule has 0 unspecified atom stereocenters. The number of imide groups is 1. The van der Waals surface area contributed by atoms with Crippen molar-refractivity contribution in [2.24, 2.45) is 11.8 Å². The van der Waals surface area contributed by atoms with Crippen LogP contribution in [0.25, 0.3) is 0 Å². The first-order valence-corrected chi connectivity index (χ1v) is 15.4. The van der Waals surface area contributed by atoms with Crippen LogP contribution in [0.1, 0.15) is 17.5 Å². The minimum absolute atomic E-state index is 0.148. The van der Waals surface area contributed by atoms with Gasteiger partial charge in [0.25, 0.3) is 5.91 Å². The molecule has 1 spiro atoms. The quantitative estimate of drug-likeness (QED) is 0.461. The number of nitrogens with one attached hydrogen (secondary N) is 1. The fourth-order valence-electron chi connectivity index (χ4n) is 7.25. The molecule has 2 fully saturated rings. The standard InChI is InChI=1S/C32H30N4O4S/c1-41-18-16-23-27-28(30(39)36(29(27)38)21-10-3-2-4-11-21)32(33-23)22-12-6-8-14-25(22)35(31(32)40)19-26(37)34-17-15-20-9-5-7-13-24(20)34/h2-14,23,27-28,33H,15-19H2,1H3/t23-,27+,28+,32+/m1/s1. The molecule has 7 rings (SSSR count). The second kappa shape index (κ2) is 9.85. The second-order valence-corrected chi connectivity index (χ2v) is 12.0. The van der Waals surface area contributed by atoms with Crippen LogP contribution in [0.3, 0.4) is 0 Å². The third-order valence-corrected chi connectivity index (χ3v) is 9.64. The van der Waals surface area contributed by atoms with Gasteiger partial charge in [0.15, 0.2) is 0 Å². The molecule has 4 atom stereocenters. The number of hydrogen-bond donors (Lipinski definition) is 1. The predicted molar refractivity (Wildman–Crippen MR) is 159 cm³/mol. The summed E-state index contributed by atoms with van der Waals surface area (Å²) < 4.78 is 0. The summed E-state index contributed by atoms with van der Waals surface area (Å²) in [5, 5.41) is 3.53. The molecule has 0 saturated carbocycles. The molecule has 0 aromatic heterocycles. The van der Waals surface area contributed by atoms with Crippen molar-refractivity contribution >= 4 is 52.5 Å². The molecular formula is C32H30N4O4S. The summed E-state index contributed by atoms with van der Waals surface area (Å²) in [5.41, 5.74) is 2.32. The Bertz CT molecular complexity index is 1580. The van der Waals surface area contributed by atoms with Crippen LogP contribution >= 0.6 is 11.8 Å². The van der Waals surface area contributed by atoms with Crippen molar-refractivity contribution in [3.05, 3.63) is 90.0 Å². The second-order valence-electron chi connectivity index (χ2n) is 11.0. The Balaban J connectivity index is 1.29. The van der Waals surface area contributed by atoms with Crippen molar-refractivity contribution in [3.63, 3.8) is 0 Å². The Kier molecular flexibility index (Phi) is 6.24. The van der Waals surface area contributed by atoms with E-state index < -0.39 is 17.4 Å². The maximum Gasteiger partial charge on any atom is 0.253 e. The summed E-state index contributed by atoms with van der Waals surface area (Å²) in [5.74, 6) is -2.02. The van der Waals surface area contributed by atoms with Gasteiger partial charge in [-0.3, -0.25) is 24.5 Å². The highest BCUT2D eigenvalue weighted by Crippen LogP contribution is 2.55. The molecule has 0 bridgehead atoms. The lowest BCUT2D eigenvalue weighted by atomic mass is 9.76. The highest BCUT2D eigenvalue weighted by Gasteiger charge is 2.71. The molecule has 3 aromatic carbocycles. The number of amides is 4. The van der Waals surface area contributed by atoms with Crippen molar-refractivity contribution in [2.75, 3.05) is 39.8 Å². The number of carbonyl (C=O) groups excluding carboxylic acids is 4. The zero-order valence-corrected chi connectivity index (χ0v) is 23.5. The third-order valence-electron chi connectivity index (χ3n) is 9.00. The number of anilines is 3. The maximum atomic E-state index is 14.6. The van der Waals surface area contributed by atoms with Crippen LogP contribution in [0.5, 0.6) is 0 Å². The fourth-order valence-corrected chi connectivity index (χ4v) is 7.74. The summed E-state index contributed by atoms with van der Waals surface area (Å²) in [4.78, 5) is 61.0. The van der Waals surface area contributed by atoms with E-state index in [-0.39, 0.29) is 36.2 Å². The molecule has 2 saturated heterocycles. The lowest BCUT2D eigenvalue weighted by molar-refractivity contribution is -0.132. The summed E-state index contributed by atoms with van der Waals surface area (Å²) in [6, 6.07) is 23.7. The van der Waals surface area contributed by atoms with E-state index >= 15 is 0 Å². The van der Waals surface area contributed by atoms with Gasteiger partial charge in [-0.15, -0.1) is 0 Å². The van der Waals surface area contributed by atoms with Gasteiger partial charge < -0.3 is 9.80 Å². The molecule has 4 heterocycles. The van der Waals surface area contributed by atoms with E-state index in [0.29, 0.717) is 29.9 Å². The largest absolute Gasteiger partial charge is 0.310 e. The van der Waals surface area contributed by atoms with Crippen LogP contribution in [-0.2, 0) is 31.1 Å². The number of benzene rings is 3. The van der Waals surface area contributed by atoms with Crippen LogP contribution in [-0.4, -0.2) is 54.8 Å². The molecule has 4 amide bonds. The molecular weight excluding hydrogens is 536 g/mol. The number of carbonyl (C=O) groups is 4. The van der Waals surface area contributed by atoms with E-state index in [1.54, 1.807) is 40.9 Å². The molecule has 0 radical (unpaired) electrons. The Labute approximate surface area is 242 Å². The first-order chi connectivity index (χ1) is 20.0. The average molecular weight is 567 g/mol. The first kappa shape index (κ1) is 26.0. The van der Waals surface area contributed by atoms with Gasteiger partial charge in [0.1, 0.15) is 12.1 Å². The number of nitrogens with zero attached hydrogens (tertiary/aromatic N) is 3. The van der Waals surface area contributed by atoms with E-state index in [1.807, 2.05) is 60.9 Å². The smallest absolute Gasteiger partial charge is 0.253 e. The predicted octanol–water partition coefficient (Wildman–Crippen LogP) is 3.35. The third kappa shape index (κ3) is 3.72. The van der Waals surface area contributed by atoms with Gasteiger partial charge in [0.2, 0.25) is 17.7 Å². The van der Waals surface area contributed by atoms with Gasteiger partial charge >= 0.3 is 0 Å². The van der Waals surface area contributed by atoms with Crippen LogP contribution in [0, 0.1) is 11.8 Å². The zero-order valence-electron chi connectivity index (χ0n) is 22.7. The van der Waals surface area contributed by atoms with E-state index in [1.165, 1.54) is 9.80 Å². The minimum Gasteiger partial charge on any atom is -0.310 e. The molecule has 41 heavy (non-hydrogen) atoms. The topological polar surface area (TPSA) is 90.0 Å². The van der Waals surface area contributed by atoms with Gasteiger partial charge in [-0.05, 0) is 54.7 Å². The zero-order chi connectivity index (χ0) is 28.3. The number of thioether (sulfide) groups is 1. The molecule has 4 aliphatic heterocycles. The van der Waals surface area contributed by atoms with Crippen molar-refractivity contribution in [3.8, 4) is 0 Å². The van der Waals surface area contributed by atoms with Crippen LogP contribution in [0.15, 0.2) is 78.9 Å². The fraction of sp³-hybridized carbons (Fsp3) is 0.312. The van der Waals surface area contributed by atoms with E-state index in [2.05, 4.69) is 5.32 Å². The Morgan fingerprint density at radius 2 is 1.63 bits per heavy atom. The SMILES string of the molecule is CSCC[C@H]1N[C@]2(C(=O)N(CC(=O)N3CCc4ccccc43)c3ccccc32)[C@@H]2C(=O)N(c3ccccc3)C(=O)[C@H]21. The molecule has 3 aromatic rings. The van der Waals surface area contributed by atoms with Crippen LogP contribution in [0.4, 0.5) is 17.1 Å². The highest BCUT2D eigenvalue weighted by atomic mass is 32.2. The molecule has 4 aliphatic rings. The van der Waals surface area contributed by atoms with E-state index in [4.69, 9.17) is 0 Å². The van der Waals surface area contributed by atoms with Crippen molar-refractivity contribution in [1.29, 1.82) is 0 Å². The highest BCUT2D eigenvalue weighted by molar-refractivity contribution is 7.98. The molecule has 9 heteroatoms. The van der Waals surface area contributed by atoms with E-state index in [0.717, 1.165) is 23.4 Å². The molecule has 0 aliphatic carbocycles. The van der Waals surface area contributed by atoms with Crippen molar-refractivity contribution < 1.29 is 19.2 Å². The van der Waals surface area contributed by atoms with Gasteiger partial charge in [0, 0.05) is 29.5 Å². The average Bonchev–Trinajstić information content (AvgIpc) is 3.71. The monoisotopic (exact) mass is 566 g/mol. The van der Waals surface area contributed by atoms with Crippen molar-refractivity contribution in [2.45, 2.75) is 24.4 Å². The Morgan fingerprint density at radius 3 is 2.41 bits per heavy atom. The first-order valence-electron chi connectivity index (χ1n) is 14.0. The number of para-hydroxylation sites is 3. The van der Waals surface area contributed by atoms with Gasteiger partial charge in [-0.25, -0.2) is 4.90 Å². The number of hydrogen-bond acceptors (Lipinski definition) is 6. The number of fused-ring (bicyclic) bond motifs is 5. The number of rotatable bonds is 6. The lowest BCUT2D eigenvalue weighted by Gasteiger charge is -2.31. The summed E-state index contributed by atoms with van der Waals surface area (Å²) >= 11 is 1.66. The van der Waals surface area contributed by atoms with Gasteiger partial charge in [-0.2, -0.15) is 11.8 Å². The van der Waals surface area contributed by atoms with Crippen LogP contribution < -0.4 is 20.0 Å². The van der Waals surface area contributed by atoms with Gasteiger partial charge in [0.05, 0.1) is 17.5 Å². The molecule has 1 N–H and O–H groups in total. The Morgan fingerprint density at radius 1 is 0.927 bits per heavy atom. The maximum absolute atomic E-state index is 14.6. The minimum atomic E-state index is -1.43. The summed E-state index contributed by atoms with van der Waals surface area (Å²) in [6.07, 6.45) is 3.40.